The predicted molar refractivity (Wildman–Crippen MR) is 87.3 cm³/mol. The molecule has 0 radical (unpaired) electrons. The van der Waals surface area contributed by atoms with E-state index < -0.39 is 21.0 Å². The molecular weight excluding hydrogens is 301 g/mol. The van der Waals surface area contributed by atoms with E-state index in [2.05, 4.69) is 39.2 Å². The fourth-order valence-electron chi connectivity index (χ4n) is 2.41. The zero-order valence-electron chi connectivity index (χ0n) is 13.8. The van der Waals surface area contributed by atoms with Crippen LogP contribution in [0.2, 0.25) is 13.1 Å². The fourth-order valence-corrected chi connectivity index (χ4v) is 3.59. The molecular formula is C16H24FNO3Si. The molecule has 1 aliphatic rings. The number of halogens is 1. The summed E-state index contributed by atoms with van der Waals surface area (Å²) in [5, 5.41) is 2.71. The number of ether oxygens (including phenoxy) is 1. The number of carbonyl (C=O) groups is 1. The normalized spacial score (nSPS) is 19.4. The molecule has 1 aromatic rings. The highest BCUT2D eigenvalue weighted by Gasteiger charge is 2.35. The van der Waals surface area contributed by atoms with E-state index in [9.17, 15) is 9.18 Å². The molecule has 0 aliphatic carbocycles. The van der Waals surface area contributed by atoms with Gasteiger partial charge in [0.05, 0.1) is 11.8 Å². The lowest BCUT2D eigenvalue weighted by molar-refractivity contribution is -0.125. The van der Waals surface area contributed by atoms with Crippen LogP contribution in [0.25, 0.3) is 0 Å². The molecule has 1 heterocycles. The van der Waals surface area contributed by atoms with Crippen LogP contribution in [0.4, 0.5) is 10.1 Å². The monoisotopic (exact) mass is 325 g/mol. The molecule has 1 amide bonds. The summed E-state index contributed by atoms with van der Waals surface area (Å²) in [5.41, 5.74) is 0.303. The quantitative estimate of drug-likeness (QED) is 0.864. The number of hydrogen-bond donors (Lipinski definition) is 1. The van der Waals surface area contributed by atoms with Gasteiger partial charge in [0.15, 0.2) is 15.1 Å². The minimum atomic E-state index is -1.23. The molecule has 1 aliphatic heterocycles. The lowest BCUT2D eigenvalue weighted by Gasteiger charge is -2.36. The van der Waals surface area contributed by atoms with Crippen molar-refractivity contribution < 1.29 is 18.3 Å². The molecule has 0 saturated carbocycles. The van der Waals surface area contributed by atoms with E-state index >= 15 is 0 Å². The van der Waals surface area contributed by atoms with Gasteiger partial charge >= 0.3 is 0 Å². The highest BCUT2D eigenvalue weighted by Crippen LogP contribution is 2.34. The van der Waals surface area contributed by atoms with Crippen molar-refractivity contribution in [1.82, 2.24) is 0 Å². The topological polar surface area (TPSA) is 47.6 Å². The summed E-state index contributed by atoms with van der Waals surface area (Å²) in [6.45, 7) is 10.5. The Kier molecular flexibility index (Phi) is 4.92. The maximum absolute atomic E-state index is 13.2. The molecule has 4 nitrogen and oxygen atoms in total. The highest BCUT2D eigenvalue weighted by atomic mass is 28.3. The number of hydrogen-bond acceptors (Lipinski definition) is 3. The third-order valence-corrected chi connectivity index (χ3v) is 4.46. The zero-order chi connectivity index (χ0) is 16.5. The van der Waals surface area contributed by atoms with E-state index in [0.29, 0.717) is 17.9 Å². The number of anilines is 1. The number of fused-ring (bicyclic) bond motifs is 1. The number of amides is 1. The molecule has 2 unspecified atom stereocenters. The molecule has 22 heavy (non-hydrogen) atoms. The van der Waals surface area contributed by atoms with Crippen molar-refractivity contribution in [3.05, 3.63) is 24.0 Å². The van der Waals surface area contributed by atoms with Crippen molar-refractivity contribution in [3.8, 4) is 5.75 Å². The molecule has 0 spiro atoms. The zero-order valence-corrected chi connectivity index (χ0v) is 14.9. The summed E-state index contributed by atoms with van der Waals surface area (Å²) in [6, 6.07) is 4.13. The highest BCUT2D eigenvalue weighted by molar-refractivity contribution is 6.48. The first-order valence-corrected chi connectivity index (χ1v) is 10.4. The largest absolute Gasteiger partial charge is 0.478 e. The first-order valence-electron chi connectivity index (χ1n) is 7.59. The van der Waals surface area contributed by atoms with Crippen molar-refractivity contribution in [2.75, 3.05) is 5.32 Å². The standard InChI is InChI=1S/C16H24FNO3Si/c1-16(2,3)14(21-22(4)5)9-13-15(19)18-11-8-10(17)6-7-12(11)20-13/h6-8,13-14,22H,9H2,1-5H3,(H,18,19). The molecule has 6 heteroatoms. The van der Waals surface area contributed by atoms with Crippen LogP contribution in [0.1, 0.15) is 27.2 Å². The predicted octanol–water partition coefficient (Wildman–Crippen LogP) is 3.33. The van der Waals surface area contributed by atoms with Gasteiger partial charge in [-0.05, 0) is 30.6 Å². The maximum Gasteiger partial charge on any atom is 0.265 e. The van der Waals surface area contributed by atoms with Gasteiger partial charge in [-0.25, -0.2) is 4.39 Å². The summed E-state index contributed by atoms with van der Waals surface area (Å²) < 4.78 is 25.1. The number of nitrogens with one attached hydrogen (secondary N) is 1. The average molecular weight is 325 g/mol. The average Bonchev–Trinajstić information content (AvgIpc) is 2.37. The molecule has 1 N–H and O–H groups in total. The van der Waals surface area contributed by atoms with Gasteiger partial charge in [-0.1, -0.05) is 20.8 Å². The molecule has 0 saturated heterocycles. The van der Waals surface area contributed by atoms with E-state index in [1.165, 1.54) is 12.1 Å². The van der Waals surface area contributed by atoms with Crippen LogP contribution in [0.5, 0.6) is 5.75 Å². The third kappa shape index (κ3) is 4.07. The van der Waals surface area contributed by atoms with Crippen molar-refractivity contribution in [1.29, 1.82) is 0 Å². The Labute approximate surface area is 132 Å². The SMILES string of the molecule is C[SiH](C)OC(CC1Oc2ccc(F)cc2NC1=O)C(C)(C)C. The third-order valence-electron chi connectivity index (χ3n) is 3.59. The van der Waals surface area contributed by atoms with Crippen molar-refractivity contribution >= 4 is 20.6 Å². The molecule has 0 aromatic heterocycles. The van der Waals surface area contributed by atoms with E-state index in [1.54, 1.807) is 6.07 Å². The lowest BCUT2D eigenvalue weighted by Crippen LogP contribution is -2.44. The fraction of sp³-hybridized carbons (Fsp3) is 0.562. The second-order valence-electron chi connectivity index (χ2n) is 7.01. The number of benzene rings is 1. The van der Waals surface area contributed by atoms with E-state index in [-0.39, 0.29) is 17.4 Å². The van der Waals surface area contributed by atoms with Gasteiger partial charge in [0.2, 0.25) is 0 Å². The van der Waals surface area contributed by atoms with Crippen molar-refractivity contribution in [2.24, 2.45) is 5.41 Å². The van der Waals surface area contributed by atoms with Crippen molar-refractivity contribution in [2.45, 2.75) is 52.5 Å². The van der Waals surface area contributed by atoms with Crippen LogP contribution in [0.15, 0.2) is 18.2 Å². The molecule has 2 atom stereocenters. The Bertz CT molecular complexity index is 557. The molecule has 0 fully saturated rings. The van der Waals surface area contributed by atoms with Crippen LogP contribution < -0.4 is 10.1 Å². The second kappa shape index (κ2) is 6.38. The van der Waals surface area contributed by atoms with E-state index in [4.69, 9.17) is 9.16 Å². The van der Waals surface area contributed by atoms with Crippen LogP contribution in [0, 0.1) is 11.2 Å². The summed E-state index contributed by atoms with van der Waals surface area (Å²) >= 11 is 0. The van der Waals surface area contributed by atoms with Gasteiger partial charge in [-0.15, -0.1) is 0 Å². The van der Waals surface area contributed by atoms with Gasteiger partial charge < -0.3 is 14.5 Å². The van der Waals surface area contributed by atoms with Gasteiger partial charge in [-0.3, -0.25) is 4.79 Å². The summed E-state index contributed by atoms with van der Waals surface area (Å²) in [7, 11) is -1.23. The molecule has 122 valence electrons. The second-order valence-corrected chi connectivity index (χ2v) is 9.38. The van der Waals surface area contributed by atoms with Gasteiger partial charge in [0.25, 0.3) is 5.91 Å². The first kappa shape index (κ1) is 17.0. The number of rotatable bonds is 4. The Morgan fingerprint density at radius 1 is 1.41 bits per heavy atom. The Balaban J connectivity index is 2.15. The maximum atomic E-state index is 13.2. The van der Waals surface area contributed by atoms with Gasteiger partial charge in [0, 0.05) is 12.5 Å². The van der Waals surface area contributed by atoms with E-state index in [1.807, 2.05) is 0 Å². The smallest absolute Gasteiger partial charge is 0.265 e. The lowest BCUT2D eigenvalue weighted by atomic mass is 9.85. The Hall–Kier alpha value is -1.40. The first-order chi connectivity index (χ1) is 10.2. The number of carbonyl (C=O) groups excluding carboxylic acids is 1. The van der Waals surface area contributed by atoms with Crippen LogP contribution in [0.3, 0.4) is 0 Å². The van der Waals surface area contributed by atoms with Crippen LogP contribution in [-0.2, 0) is 9.22 Å². The minimum Gasteiger partial charge on any atom is -0.478 e. The molecule has 2 rings (SSSR count). The molecule has 1 aromatic carbocycles. The summed E-state index contributed by atoms with van der Waals surface area (Å²) in [4.78, 5) is 12.2. The minimum absolute atomic E-state index is 0.0584. The summed E-state index contributed by atoms with van der Waals surface area (Å²) in [6.07, 6.45) is -0.191. The van der Waals surface area contributed by atoms with Gasteiger partial charge in [-0.2, -0.15) is 0 Å². The Morgan fingerprint density at radius 2 is 2.09 bits per heavy atom. The van der Waals surface area contributed by atoms with Crippen molar-refractivity contribution in [3.63, 3.8) is 0 Å². The van der Waals surface area contributed by atoms with Gasteiger partial charge in [0.1, 0.15) is 11.6 Å². The Morgan fingerprint density at radius 3 is 2.68 bits per heavy atom. The summed E-state index contributed by atoms with van der Waals surface area (Å²) in [5.74, 6) is -0.148. The van der Waals surface area contributed by atoms with E-state index in [0.717, 1.165) is 0 Å². The molecule has 0 bridgehead atoms. The van der Waals surface area contributed by atoms with Crippen LogP contribution in [-0.4, -0.2) is 27.2 Å². The van der Waals surface area contributed by atoms with Crippen LogP contribution >= 0.6 is 0 Å².